The number of nitrogens with zero attached hydrogens (tertiary/aromatic N) is 4. The zero-order chi connectivity index (χ0) is 25.2. The summed E-state index contributed by atoms with van der Waals surface area (Å²) in [5.41, 5.74) is -0.322. The molecule has 1 aliphatic heterocycles. The first-order valence-electron chi connectivity index (χ1n) is 9.90. The standard InChI is InChI=1S/C20H15F3N6O5S/c21-20(22,23)17(32)34-29(13-8-10-35-16(13)31)15(30)11-4-6-12(7-5-11)25-18-26-19(33)28(27-18)14-3-1-2-9-24-14/h1-7,9,13H,8,10H2,(H2,25,26,27,33)/t13-/m1/s1. The normalized spacial score (nSPS) is 15.6. The van der Waals surface area contributed by atoms with Crippen molar-refractivity contribution in [2.75, 3.05) is 11.1 Å². The number of rotatable bonds is 5. The summed E-state index contributed by atoms with van der Waals surface area (Å²) in [5.74, 6) is -3.09. The van der Waals surface area contributed by atoms with Gasteiger partial charge in [0, 0.05) is 23.2 Å². The van der Waals surface area contributed by atoms with Gasteiger partial charge in [0.2, 0.25) is 11.1 Å². The summed E-state index contributed by atoms with van der Waals surface area (Å²) in [5, 5.41) is 6.48. The Labute approximate surface area is 198 Å². The number of aromatic nitrogens is 4. The van der Waals surface area contributed by atoms with E-state index in [-0.39, 0.29) is 34.6 Å². The molecule has 3 heterocycles. The van der Waals surface area contributed by atoms with E-state index in [0.29, 0.717) is 5.69 Å². The minimum Gasteiger partial charge on any atom is -0.329 e. The summed E-state index contributed by atoms with van der Waals surface area (Å²) < 4.78 is 39.2. The van der Waals surface area contributed by atoms with Crippen molar-refractivity contribution in [3.63, 3.8) is 0 Å². The molecule has 0 saturated carbocycles. The van der Waals surface area contributed by atoms with Gasteiger partial charge in [-0.15, -0.1) is 5.10 Å². The monoisotopic (exact) mass is 508 g/mol. The third-order valence-corrected chi connectivity index (χ3v) is 5.68. The fraction of sp³-hybridized carbons (Fsp3) is 0.200. The van der Waals surface area contributed by atoms with Gasteiger partial charge in [-0.2, -0.15) is 22.9 Å². The average molecular weight is 508 g/mol. The van der Waals surface area contributed by atoms with Crippen molar-refractivity contribution in [3.8, 4) is 5.82 Å². The van der Waals surface area contributed by atoms with Crippen molar-refractivity contribution >= 4 is 40.4 Å². The highest BCUT2D eigenvalue weighted by Gasteiger charge is 2.46. The Morgan fingerprint density at radius 2 is 1.91 bits per heavy atom. The molecule has 1 aromatic carbocycles. The molecule has 0 radical (unpaired) electrons. The van der Waals surface area contributed by atoms with Gasteiger partial charge in [-0.25, -0.2) is 14.6 Å². The first-order valence-corrected chi connectivity index (χ1v) is 10.9. The van der Waals surface area contributed by atoms with Crippen molar-refractivity contribution in [3.05, 3.63) is 64.7 Å². The Bertz CT molecular complexity index is 1310. The quantitative estimate of drug-likeness (QED) is 0.497. The summed E-state index contributed by atoms with van der Waals surface area (Å²) in [6.07, 6.45) is -3.82. The van der Waals surface area contributed by atoms with Crippen LogP contribution in [-0.2, 0) is 14.4 Å². The number of benzene rings is 1. The molecule has 1 aliphatic rings. The van der Waals surface area contributed by atoms with Gasteiger partial charge in [0.15, 0.2) is 5.82 Å². The lowest BCUT2D eigenvalue weighted by Crippen LogP contribution is -2.46. The molecule has 15 heteroatoms. The van der Waals surface area contributed by atoms with E-state index in [1.807, 2.05) is 0 Å². The van der Waals surface area contributed by atoms with Gasteiger partial charge >= 0.3 is 17.8 Å². The number of nitrogens with one attached hydrogen (secondary N) is 2. The molecule has 0 bridgehead atoms. The maximum atomic E-state index is 12.8. The van der Waals surface area contributed by atoms with E-state index in [9.17, 15) is 32.3 Å². The Morgan fingerprint density at radius 3 is 2.51 bits per heavy atom. The lowest BCUT2D eigenvalue weighted by atomic mass is 10.1. The van der Waals surface area contributed by atoms with Gasteiger partial charge in [0.1, 0.15) is 6.04 Å². The minimum absolute atomic E-state index is 0.0340. The van der Waals surface area contributed by atoms with E-state index in [4.69, 9.17) is 0 Å². The first-order chi connectivity index (χ1) is 16.6. The number of pyridine rings is 1. The maximum Gasteiger partial charge on any atom is 0.493 e. The van der Waals surface area contributed by atoms with E-state index in [1.165, 1.54) is 30.5 Å². The van der Waals surface area contributed by atoms with E-state index in [2.05, 4.69) is 25.2 Å². The Morgan fingerprint density at radius 1 is 1.17 bits per heavy atom. The van der Waals surface area contributed by atoms with Gasteiger partial charge in [0.25, 0.3) is 5.91 Å². The molecule has 35 heavy (non-hydrogen) atoms. The van der Waals surface area contributed by atoms with E-state index >= 15 is 0 Å². The predicted octanol–water partition coefficient (Wildman–Crippen LogP) is 2.19. The summed E-state index contributed by atoms with van der Waals surface area (Å²) in [7, 11) is 0. The average Bonchev–Trinajstić information content (AvgIpc) is 3.42. The van der Waals surface area contributed by atoms with Gasteiger partial charge in [0.05, 0.1) is 0 Å². The SMILES string of the molecule is O=C1SCC[C@H]1N(OC(=O)C(F)(F)F)C(=O)c1ccc(Nc2nn(-c3ccccn3)c(=O)[nH]2)cc1. The molecule has 2 aromatic heterocycles. The Balaban J connectivity index is 1.52. The highest BCUT2D eigenvalue weighted by atomic mass is 32.2. The summed E-state index contributed by atoms with van der Waals surface area (Å²) in [6, 6.07) is 8.88. The number of H-pyrrole nitrogens is 1. The second-order valence-electron chi connectivity index (χ2n) is 7.06. The first kappa shape index (κ1) is 24.0. The number of aromatic amines is 1. The summed E-state index contributed by atoms with van der Waals surface area (Å²) >= 11 is 0.828. The molecule has 0 aliphatic carbocycles. The number of carbonyl (C=O) groups excluding carboxylic acids is 3. The van der Waals surface area contributed by atoms with Crippen LogP contribution in [0.3, 0.4) is 0 Å². The lowest BCUT2D eigenvalue weighted by molar-refractivity contribution is -0.232. The second-order valence-corrected chi connectivity index (χ2v) is 8.16. The van der Waals surface area contributed by atoms with Crippen LogP contribution in [0.1, 0.15) is 16.8 Å². The predicted molar refractivity (Wildman–Crippen MR) is 116 cm³/mol. The molecule has 4 rings (SSSR count). The Kier molecular flexibility index (Phi) is 6.59. The van der Waals surface area contributed by atoms with Crippen LogP contribution in [0.15, 0.2) is 53.5 Å². The topological polar surface area (TPSA) is 139 Å². The number of amides is 1. The molecule has 1 atom stereocenters. The Hall–Kier alpha value is -4.14. The van der Waals surface area contributed by atoms with Gasteiger partial charge in [-0.3, -0.25) is 14.6 Å². The van der Waals surface area contributed by atoms with Crippen molar-refractivity contribution in [1.29, 1.82) is 0 Å². The third kappa shape index (κ3) is 5.34. The van der Waals surface area contributed by atoms with E-state index < -0.39 is 34.9 Å². The molecule has 2 N–H and O–H groups in total. The van der Waals surface area contributed by atoms with Crippen LogP contribution in [-0.4, -0.2) is 59.8 Å². The molecule has 11 nitrogen and oxygen atoms in total. The third-order valence-electron chi connectivity index (χ3n) is 4.68. The molecular formula is C20H15F3N6O5S. The second kappa shape index (κ2) is 9.61. The van der Waals surface area contributed by atoms with Gasteiger partial charge < -0.3 is 10.2 Å². The van der Waals surface area contributed by atoms with Crippen molar-refractivity contribution in [2.24, 2.45) is 0 Å². The van der Waals surface area contributed by atoms with Crippen LogP contribution in [0.4, 0.5) is 24.8 Å². The number of hydrogen-bond donors (Lipinski definition) is 2. The zero-order valence-electron chi connectivity index (χ0n) is 17.5. The fourth-order valence-corrected chi connectivity index (χ4v) is 4.01. The molecule has 1 saturated heterocycles. The summed E-state index contributed by atoms with van der Waals surface area (Å²) in [4.78, 5) is 59.1. The molecule has 1 fully saturated rings. The highest BCUT2D eigenvalue weighted by Crippen LogP contribution is 2.28. The number of anilines is 2. The number of hydrogen-bond acceptors (Lipinski definition) is 9. The van der Waals surface area contributed by atoms with Gasteiger partial charge in [-0.1, -0.05) is 17.8 Å². The van der Waals surface area contributed by atoms with E-state index in [0.717, 1.165) is 16.4 Å². The maximum absolute atomic E-state index is 12.8. The lowest BCUT2D eigenvalue weighted by Gasteiger charge is -2.25. The minimum atomic E-state index is -5.35. The van der Waals surface area contributed by atoms with Crippen molar-refractivity contribution < 1.29 is 32.4 Å². The van der Waals surface area contributed by atoms with Gasteiger partial charge in [-0.05, 0) is 42.8 Å². The van der Waals surface area contributed by atoms with Crippen molar-refractivity contribution in [1.82, 2.24) is 24.8 Å². The zero-order valence-corrected chi connectivity index (χ0v) is 18.3. The number of carbonyl (C=O) groups is 3. The number of halogens is 3. The van der Waals surface area contributed by atoms with Crippen LogP contribution in [0.5, 0.6) is 0 Å². The highest BCUT2D eigenvalue weighted by molar-refractivity contribution is 8.14. The molecule has 1 amide bonds. The molecule has 0 unspecified atom stereocenters. The molecular weight excluding hydrogens is 493 g/mol. The smallest absolute Gasteiger partial charge is 0.329 e. The number of alkyl halides is 3. The van der Waals surface area contributed by atoms with Crippen LogP contribution >= 0.6 is 11.8 Å². The van der Waals surface area contributed by atoms with Crippen molar-refractivity contribution in [2.45, 2.75) is 18.6 Å². The number of thioether (sulfide) groups is 1. The van der Waals surface area contributed by atoms with Crippen LogP contribution in [0.25, 0.3) is 5.82 Å². The number of hydroxylamine groups is 2. The molecule has 3 aromatic rings. The largest absolute Gasteiger partial charge is 0.493 e. The molecule has 0 spiro atoms. The molecule has 182 valence electrons. The van der Waals surface area contributed by atoms with Crippen LogP contribution in [0, 0.1) is 0 Å². The summed E-state index contributed by atoms with van der Waals surface area (Å²) in [6.45, 7) is 0. The van der Waals surface area contributed by atoms with Crippen LogP contribution in [0.2, 0.25) is 0 Å². The fourth-order valence-electron chi connectivity index (χ4n) is 3.06. The van der Waals surface area contributed by atoms with E-state index in [1.54, 1.807) is 18.2 Å². The van der Waals surface area contributed by atoms with Crippen LogP contribution < -0.4 is 11.0 Å².